The second-order valence-electron chi connectivity index (χ2n) is 8.40. The summed E-state index contributed by atoms with van der Waals surface area (Å²) in [6, 6.07) is 0.465. The van der Waals surface area contributed by atoms with Crippen LogP contribution in [0.2, 0.25) is 0 Å². The van der Waals surface area contributed by atoms with Crippen LogP contribution in [0.3, 0.4) is 0 Å². The first kappa shape index (κ1) is 32.0. The standard InChI is InChI=1S/C25H37N7O.2C2H6/c1-6-26-17(3)23(27-7-2)18(4)28-12-8-9-13-29-24-22-19(5)33-15-20-10-11-21(14-20)32-25(22)31-16-30-24;2*1-2/h6-9,16,19-21,28H,4,10-15H2,1-3,5H3,(H2,29,30,31,32);2*1-2H3/b9-8+,23-17+,26-6?,27-7?;;/t19?,20-,21+;;/m1../s1. The van der Waals surface area contributed by atoms with Crippen LogP contribution in [0.4, 0.5) is 11.6 Å². The number of hydrogen-bond acceptors (Lipinski definition) is 8. The van der Waals surface area contributed by atoms with Gasteiger partial charge in [0.2, 0.25) is 0 Å². The molecular formula is C29H49N7O. The molecule has 0 spiro atoms. The molecule has 8 heteroatoms. The molecule has 1 aromatic rings. The van der Waals surface area contributed by atoms with E-state index in [9.17, 15) is 0 Å². The molecule has 3 atom stereocenters. The Bertz CT molecular complexity index is 936. The summed E-state index contributed by atoms with van der Waals surface area (Å²) < 4.78 is 6.19. The van der Waals surface area contributed by atoms with Crippen molar-refractivity contribution in [1.29, 1.82) is 0 Å². The van der Waals surface area contributed by atoms with Crippen molar-refractivity contribution in [2.75, 3.05) is 30.3 Å². The summed E-state index contributed by atoms with van der Waals surface area (Å²) >= 11 is 0. The van der Waals surface area contributed by atoms with Crippen LogP contribution in [0.25, 0.3) is 0 Å². The van der Waals surface area contributed by atoms with Gasteiger partial charge in [0, 0.05) is 31.6 Å². The van der Waals surface area contributed by atoms with E-state index in [0.29, 0.717) is 25.0 Å². The first-order valence-corrected chi connectivity index (χ1v) is 13.8. The van der Waals surface area contributed by atoms with Gasteiger partial charge in [-0.3, -0.25) is 9.98 Å². The summed E-state index contributed by atoms with van der Waals surface area (Å²) in [4.78, 5) is 17.7. The molecule has 1 saturated carbocycles. The molecule has 1 unspecified atom stereocenters. The topological polar surface area (TPSA) is 95.8 Å². The third kappa shape index (κ3) is 10.1. The lowest BCUT2D eigenvalue weighted by molar-refractivity contribution is 0.0418. The minimum Gasteiger partial charge on any atom is -0.380 e. The minimum atomic E-state index is -0.0668. The van der Waals surface area contributed by atoms with Crippen LogP contribution in [0.5, 0.6) is 0 Å². The van der Waals surface area contributed by atoms with Gasteiger partial charge in [-0.2, -0.15) is 0 Å². The van der Waals surface area contributed by atoms with E-state index in [1.807, 2.05) is 48.5 Å². The van der Waals surface area contributed by atoms with Crippen LogP contribution in [-0.2, 0) is 4.74 Å². The van der Waals surface area contributed by atoms with Gasteiger partial charge in [0.05, 0.1) is 29.7 Å². The largest absolute Gasteiger partial charge is 0.380 e. The summed E-state index contributed by atoms with van der Waals surface area (Å²) in [5, 5.41) is 10.3. The van der Waals surface area contributed by atoms with Crippen molar-refractivity contribution in [3.63, 3.8) is 0 Å². The van der Waals surface area contributed by atoms with Crippen molar-refractivity contribution < 1.29 is 4.74 Å². The lowest BCUT2D eigenvalue weighted by atomic mass is 10.1. The average molecular weight is 512 g/mol. The quantitative estimate of drug-likeness (QED) is 0.194. The van der Waals surface area contributed by atoms with Crippen molar-refractivity contribution >= 4 is 24.1 Å². The normalized spacial score (nSPS) is 21.4. The number of rotatable bonds is 9. The van der Waals surface area contributed by atoms with Crippen molar-refractivity contribution in [1.82, 2.24) is 15.3 Å². The van der Waals surface area contributed by atoms with Gasteiger partial charge in [-0.25, -0.2) is 9.97 Å². The molecule has 8 nitrogen and oxygen atoms in total. The fourth-order valence-electron chi connectivity index (χ4n) is 4.31. The van der Waals surface area contributed by atoms with Gasteiger partial charge >= 0.3 is 0 Å². The summed E-state index contributed by atoms with van der Waals surface area (Å²) in [5.41, 5.74) is 3.33. The Hall–Kier alpha value is -3.00. The van der Waals surface area contributed by atoms with Crippen molar-refractivity contribution in [3.8, 4) is 0 Å². The van der Waals surface area contributed by atoms with E-state index in [1.54, 1.807) is 18.8 Å². The smallest absolute Gasteiger partial charge is 0.137 e. The second-order valence-corrected chi connectivity index (χ2v) is 8.40. The molecule has 2 heterocycles. The fourth-order valence-corrected chi connectivity index (χ4v) is 4.31. The Labute approximate surface area is 224 Å². The maximum Gasteiger partial charge on any atom is 0.137 e. The number of ether oxygens (including phenoxy) is 1. The molecular weight excluding hydrogens is 462 g/mol. The molecule has 1 aliphatic carbocycles. The highest BCUT2D eigenvalue weighted by atomic mass is 16.5. The lowest BCUT2D eigenvalue weighted by Gasteiger charge is -2.21. The summed E-state index contributed by atoms with van der Waals surface area (Å²) in [6.45, 7) is 21.9. The Balaban J connectivity index is 0.00000163. The van der Waals surface area contributed by atoms with Gasteiger partial charge in [-0.1, -0.05) is 46.4 Å². The van der Waals surface area contributed by atoms with Crippen molar-refractivity contribution in [2.45, 2.75) is 86.8 Å². The summed E-state index contributed by atoms with van der Waals surface area (Å²) in [5.74, 6) is 2.33. The highest BCUT2D eigenvalue weighted by Crippen LogP contribution is 2.36. The first-order chi connectivity index (χ1) is 18.0. The third-order valence-electron chi connectivity index (χ3n) is 5.95. The molecule has 3 N–H and O–H groups in total. The van der Waals surface area contributed by atoms with Crippen LogP contribution in [0.1, 0.15) is 86.3 Å². The maximum absolute atomic E-state index is 6.19. The van der Waals surface area contributed by atoms with E-state index >= 15 is 0 Å². The minimum absolute atomic E-state index is 0.0668. The molecule has 1 aromatic heterocycles. The molecule has 3 rings (SSSR count). The summed E-state index contributed by atoms with van der Waals surface area (Å²) in [6.07, 6.45) is 12.7. The van der Waals surface area contributed by atoms with Gasteiger partial charge in [0.15, 0.2) is 0 Å². The zero-order valence-corrected chi connectivity index (χ0v) is 24.3. The van der Waals surface area contributed by atoms with Gasteiger partial charge in [-0.15, -0.1) is 0 Å². The Morgan fingerprint density at radius 1 is 1.11 bits per heavy atom. The number of aliphatic imine (C=N–C) groups is 2. The van der Waals surface area contributed by atoms with Crippen LogP contribution in [0, 0.1) is 5.92 Å². The molecule has 206 valence electrons. The van der Waals surface area contributed by atoms with E-state index in [4.69, 9.17) is 4.74 Å². The van der Waals surface area contributed by atoms with E-state index in [0.717, 1.165) is 47.3 Å². The SMILES string of the molecule is C=C(NC/C=C/CNc1ncnc2c1C(C)OC[C@@H]1CC[C@@H](C1)N2)/C(N=CC)=C(/C)N=CC.CC.CC. The van der Waals surface area contributed by atoms with Crippen molar-refractivity contribution in [3.05, 3.63) is 47.7 Å². The van der Waals surface area contributed by atoms with Crippen LogP contribution in [0.15, 0.2) is 52.1 Å². The first-order valence-electron chi connectivity index (χ1n) is 13.8. The summed E-state index contributed by atoms with van der Waals surface area (Å²) in [7, 11) is 0. The molecule has 2 aliphatic rings. The molecule has 2 bridgehead atoms. The Morgan fingerprint density at radius 3 is 2.51 bits per heavy atom. The van der Waals surface area contributed by atoms with E-state index in [2.05, 4.69) is 61.6 Å². The number of nitrogens with one attached hydrogen (secondary N) is 3. The number of fused-ring (bicyclic) bond motifs is 3. The monoisotopic (exact) mass is 511 g/mol. The van der Waals surface area contributed by atoms with Crippen LogP contribution >= 0.6 is 0 Å². The zero-order chi connectivity index (χ0) is 27.6. The highest BCUT2D eigenvalue weighted by Gasteiger charge is 2.30. The molecule has 0 amide bonds. The van der Waals surface area contributed by atoms with Gasteiger partial charge < -0.3 is 20.7 Å². The molecule has 0 saturated heterocycles. The highest BCUT2D eigenvalue weighted by molar-refractivity contribution is 5.60. The second kappa shape index (κ2) is 18.3. The van der Waals surface area contributed by atoms with E-state index < -0.39 is 0 Å². The molecule has 1 aliphatic heterocycles. The predicted octanol–water partition coefficient (Wildman–Crippen LogP) is 6.69. The third-order valence-corrected chi connectivity index (χ3v) is 5.95. The lowest BCUT2D eigenvalue weighted by Crippen LogP contribution is -2.19. The van der Waals surface area contributed by atoms with E-state index in [-0.39, 0.29) is 6.10 Å². The predicted molar refractivity (Wildman–Crippen MR) is 160 cm³/mol. The Kier molecular flexibility index (Phi) is 15.8. The molecule has 0 radical (unpaired) electrons. The zero-order valence-electron chi connectivity index (χ0n) is 24.3. The number of anilines is 2. The molecule has 0 aromatic carbocycles. The molecule has 1 fully saturated rings. The maximum atomic E-state index is 6.19. The van der Waals surface area contributed by atoms with Crippen LogP contribution < -0.4 is 16.0 Å². The average Bonchev–Trinajstić information content (AvgIpc) is 3.39. The number of aromatic nitrogens is 2. The Morgan fingerprint density at radius 2 is 1.81 bits per heavy atom. The van der Waals surface area contributed by atoms with Crippen molar-refractivity contribution in [2.24, 2.45) is 15.9 Å². The van der Waals surface area contributed by atoms with Gasteiger partial charge in [-0.05, 0) is 52.9 Å². The number of hydrogen-bond donors (Lipinski definition) is 3. The number of nitrogens with zero attached hydrogens (tertiary/aromatic N) is 4. The van der Waals surface area contributed by atoms with Crippen LogP contribution in [-0.4, -0.2) is 48.1 Å². The van der Waals surface area contributed by atoms with Gasteiger partial charge in [0.25, 0.3) is 0 Å². The van der Waals surface area contributed by atoms with Gasteiger partial charge in [0.1, 0.15) is 23.7 Å². The number of allylic oxidation sites excluding steroid dienone is 1. The fraction of sp³-hybridized carbons (Fsp3) is 0.586. The van der Waals surface area contributed by atoms with E-state index in [1.165, 1.54) is 12.8 Å². The molecule has 37 heavy (non-hydrogen) atoms.